The molecular formula is C10H13FO4S. The van der Waals surface area contributed by atoms with Gasteiger partial charge in [0.25, 0.3) is 0 Å². The van der Waals surface area contributed by atoms with Crippen LogP contribution in [0.2, 0.25) is 0 Å². The molecule has 6 heteroatoms. The maximum absolute atomic E-state index is 12.5. The Hall–Kier alpha value is -1.30. The molecule has 0 aliphatic carbocycles. The quantitative estimate of drug-likeness (QED) is 0.747. The predicted octanol–water partition coefficient (Wildman–Crippen LogP) is 1.89. The summed E-state index contributed by atoms with van der Waals surface area (Å²) >= 11 is 0. The van der Waals surface area contributed by atoms with E-state index in [1.54, 1.807) is 6.07 Å². The molecule has 1 rings (SSSR count). The van der Waals surface area contributed by atoms with Crippen LogP contribution in [0, 0.1) is 0 Å². The molecule has 1 aromatic rings. The second-order valence-corrected chi connectivity index (χ2v) is 4.47. The highest BCUT2D eigenvalue weighted by molar-refractivity contribution is 7.85. The van der Waals surface area contributed by atoms with Crippen molar-refractivity contribution >= 4 is 10.2 Å². The fourth-order valence-electron chi connectivity index (χ4n) is 1.28. The number of benzene rings is 1. The van der Waals surface area contributed by atoms with E-state index in [1.807, 2.05) is 6.92 Å². The van der Waals surface area contributed by atoms with Crippen LogP contribution >= 0.6 is 0 Å². The molecule has 0 unspecified atom stereocenters. The lowest BCUT2D eigenvalue weighted by molar-refractivity contribution is 0.310. The Kier molecular flexibility index (Phi) is 4.12. The molecular weight excluding hydrogens is 235 g/mol. The molecule has 0 saturated carbocycles. The molecule has 90 valence electrons. The van der Waals surface area contributed by atoms with E-state index < -0.39 is 16.0 Å². The van der Waals surface area contributed by atoms with Crippen LogP contribution in [0.25, 0.3) is 0 Å². The van der Waals surface area contributed by atoms with Gasteiger partial charge in [-0.3, -0.25) is 0 Å². The number of hydrogen-bond donors (Lipinski definition) is 0. The third-order valence-electron chi connectivity index (χ3n) is 1.87. The van der Waals surface area contributed by atoms with Crippen LogP contribution in [-0.2, 0) is 16.0 Å². The van der Waals surface area contributed by atoms with Gasteiger partial charge in [0.1, 0.15) is 5.75 Å². The van der Waals surface area contributed by atoms with Gasteiger partial charge in [-0.25, -0.2) is 0 Å². The Balaban J connectivity index is 2.99. The first-order valence-electron chi connectivity index (χ1n) is 4.68. The molecule has 0 aliphatic heterocycles. The normalized spacial score (nSPS) is 11.2. The standard InChI is InChI=1S/C10H13FO4S/c1-3-15-9-5-4-8(6-10(9)14-2)7-16(11,12)13/h4-6H,3,7H2,1-2H3. The summed E-state index contributed by atoms with van der Waals surface area (Å²) in [5.74, 6) is 0.239. The topological polar surface area (TPSA) is 52.6 Å². The minimum absolute atomic E-state index is 0.322. The smallest absolute Gasteiger partial charge is 0.306 e. The Morgan fingerprint density at radius 2 is 2.00 bits per heavy atom. The van der Waals surface area contributed by atoms with Gasteiger partial charge in [-0.2, -0.15) is 8.42 Å². The van der Waals surface area contributed by atoms with Gasteiger partial charge >= 0.3 is 10.2 Å². The second-order valence-electron chi connectivity index (χ2n) is 3.10. The van der Waals surface area contributed by atoms with Crippen LogP contribution < -0.4 is 9.47 Å². The SMILES string of the molecule is CCOc1ccc(CS(=O)(=O)F)cc1OC. The Labute approximate surface area is 94.2 Å². The highest BCUT2D eigenvalue weighted by Gasteiger charge is 2.12. The van der Waals surface area contributed by atoms with E-state index >= 15 is 0 Å². The monoisotopic (exact) mass is 248 g/mol. The number of ether oxygens (including phenoxy) is 2. The Morgan fingerprint density at radius 3 is 2.50 bits per heavy atom. The van der Waals surface area contributed by atoms with E-state index in [2.05, 4.69) is 0 Å². The van der Waals surface area contributed by atoms with Gasteiger partial charge in [0, 0.05) is 0 Å². The van der Waals surface area contributed by atoms with Gasteiger partial charge in [-0.15, -0.1) is 3.89 Å². The number of halogens is 1. The molecule has 0 amide bonds. The van der Waals surface area contributed by atoms with E-state index in [0.29, 0.717) is 23.7 Å². The molecule has 0 spiro atoms. The van der Waals surface area contributed by atoms with Crippen molar-refractivity contribution in [3.8, 4) is 11.5 Å². The van der Waals surface area contributed by atoms with Crippen LogP contribution in [0.4, 0.5) is 3.89 Å². The third kappa shape index (κ3) is 3.69. The van der Waals surface area contributed by atoms with Crippen LogP contribution in [0.5, 0.6) is 11.5 Å². The zero-order valence-corrected chi connectivity index (χ0v) is 9.88. The van der Waals surface area contributed by atoms with E-state index in [9.17, 15) is 12.3 Å². The summed E-state index contributed by atoms with van der Waals surface area (Å²) in [4.78, 5) is 0. The van der Waals surface area contributed by atoms with Gasteiger partial charge in [0.2, 0.25) is 0 Å². The first-order valence-corrected chi connectivity index (χ1v) is 6.23. The molecule has 0 heterocycles. The van der Waals surface area contributed by atoms with Crippen molar-refractivity contribution in [1.29, 1.82) is 0 Å². The molecule has 0 radical (unpaired) electrons. The summed E-state index contributed by atoms with van der Waals surface area (Å²) < 4.78 is 43.7. The molecule has 0 bridgehead atoms. The molecule has 0 atom stereocenters. The predicted molar refractivity (Wildman–Crippen MR) is 57.9 cm³/mol. The highest BCUT2D eigenvalue weighted by Crippen LogP contribution is 2.28. The summed E-state index contributed by atoms with van der Waals surface area (Å²) in [6.45, 7) is 2.29. The molecule has 1 aromatic carbocycles. The zero-order valence-electron chi connectivity index (χ0n) is 9.07. The van der Waals surface area contributed by atoms with Crippen LogP contribution in [-0.4, -0.2) is 22.1 Å². The minimum atomic E-state index is -4.52. The molecule has 0 saturated heterocycles. The van der Waals surface area contributed by atoms with Gasteiger partial charge < -0.3 is 9.47 Å². The van der Waals surface area contributed by atoms with Gasteiger partial charge in [-0.05, 0) is 24.6 Å². The summed E-state index contributed by atoms with van der Waals surface area (Å²) in [6, 6.07) is 4.50. The minimum Gasteiger partial charge on any atom is -0.493 e. The highest BCUT2D eigenvalue weighted by atomic mass is 32.3. The Morgan fingerprint density at radius 1 is 1.31 bits per heavy atom. The van der Waals surface area contributed by atoms with Crippen LogP contribution in [0.3, 0.4) is 0 Å². The van der Waals surface area contributed by atoms with Crippen molar-refractivity contribution in [2.75, 3.05) is 13.7 Å². The number of rotatable bonds is 5. The average molecular weight is 248 g/mol. The maximum atomic E-state index is 12.5. The first kappa shape index (κ1) is 12.8. The second kappa shape index (κ2) is 5.16. The lowest BCUT2D eigenvalue weighted by Gasteiger charge is -2.10. The maximum Gasteiger partial charge on any atom is 0.306 e. The average Bonchev–Trinajstić information content (AvgIpc) is 2.18. The largest absolute Gasteiger partial charge is 0.493 e. The fraction of sp³-hybridized carbons (Fsp3) is 0.400. The molecule has 0 aliphatic rings. The molecule has 4 nitrogen and oxygen atoms in total. The van der Waals surface area contributed by atoms with Crippen LogP contribution in [0.15, 0.2) is 18.2 Å². The fourth-order valence-corrected chi connectivity index (χ4v) is 1.85. The van der Waals surface area contributed by atoms with Crippen molar-refractivity contribution in [3.63, 3.8) is 0 Å². The third-order valence-corrected chi connectivity index (χ3v) is 2.55. The molecule has 16 heavy (non-hydrogen) atoms. The van der Waals surface area contributed by atoms with E-state index in [4.69, 9.17) is 9.47 Å². The number of methoxy groups -OCH3 is 1. The van der Waals surface area contributed by atoms with E-state index in [0.717, 1.165) is 0 Å². The van der Waals surface area contributed by atoms with Crippen molar-refractivity contribution in [2.24, 2.45) is 0 Å². The molecule has 0 fully saturated rings. The molecule has 0 aromatic heterocycles. The Bertz CT molecular complexity index is 456. The van der Waals surface area contributed by atoms with Crippen molar-refractivity contribution in [1.82, 2.24) is 0 Å². The van der Waals surface area contributed by atoms with Gasteiger partial charge in [0.05, 0.1) is 13.7 Å². The summed E-state index contributed by atoms with van der Waals surface area (Å²) in [5, 5.41) is 0. The van der Waals surface area contributed by atoms with E-state index in [1.165, 1.54) is 19.2 Å². The van der Waals surface area contributed by atoms with Crippen molar-refractivity contribution < 1.29 is 21.8 Å². The first-order chi connectivity index (χ1) is 7.46. The summed E-state index contributed by atoms with van der Waals surface area (Å²) in [6.07, 6.45) is 0. The summed E-state index contributed by atoms with van der Waals surface area (Å²) in [5.41, 5.74) is 0.322. The lowest BCUT2D eigenvalue weighted by atomic mass is 10.2. The van der Waals surface area contributed by atoms with Gasteiger partial charge in [-0.1, -0.05) is 6.07 Å². The van der Waals surface area contributed by atoms with Crippen LogP contribution in [0.1, 0.15) is 12.5 Å². The van der Waals surface area contributed by atoms with Gasteiger partial charge in [0.15, 0.2) is 11.5 Å². The lowest BCUT2D eigenvalue weighted by Crippen LogP contribution is -1.99. The van der Waals surface area contributed by atoms with E-state index in [-0.39, 0.29) is 0 Å². The van der Waals surface area contributed by atoms with Crippen molar-refractivity contribution in [2.45, 2.75) is 12.7 Å². The summed E-state index contributed by atoms with van der Waals surface area (Å²) in [7, 11) is -3.09. The van der Waals surface area contributed by atoms with Crippen molar-refractivity contribution in [3.05, 3.63) is 23.8 Å². The molecule has 0 N–H and O–H groups in total. The number of hydrogen-bond acceptors (Lipinski definition) is 4. The zero-order chi connectivity index (χ0) is 12.2.